The zero-order chi connectivity index (χ0) is 9.68. The van der Waals surface area contributed by atoms with Gasteiger partial charge in [0.15, 0.2) is 0 Å². The number of anilines is 1. The molecule has 1 aromatic rings. The Balaban J connectivity index is 2.58. The van der Waals surface area contributed by atoms with Gasteiger partial charge in [-0.2, -0.15) is 0 Å². The van der Waals surface area contributed by atoms with Crippen molar-refractivity contribution >= 4 is 17.4 Å². The minimum Gasteiger partial charge on any atom is -0.397 e. The van der Waals surface area contributed by atoms with E-state index in [1.54, 1.807) is 24.2 Å². The molecule has 0 radical (unpaired) electrons. The zero-order valence-electron chi connectivity index (χ0n) is 7.60. The lowest BCUT2D eigenvalue weighted by molar-refractivity contribution is 0.289. The van der Waals surface area contributed by atoms with Crippen LogP contribution >= 0.6 is 11.8 Å². The van der Waals surface area contributed by atoms with Gasteiger partial charge >= 0.3 is 0 Å². The number of aromatic nitrogens is 1. The molecule has 0 aliphatic carbocycles. The molecule has 0 spiro atoms. The van der Waals surface area contributed by atoms with Crippen LogP contribution in [0.2, 0.25) is 0 Å². The quantitative estimate of drug-likeness (QED) is 0.720. The number of nitrogens with zero attached hydrogens (tertiary/aromatic N) is 1. The highest BCUT2D eigenvalue weighted by atomic mass is 32.2. The van der Waals surface area contributed by atoms with E-state index in [2.05, 4.69) is 11.9 Å². The Morgan fingerprint density at radius 3 is 3.08 bits per heavy atom. The van der Waals surface area contributed by atoms with Crippen molar-refractivity contribution in [2.75, 3.05) is 12.3 Å². The summed E-state index contributed by atoms with van der Waals surface area (Å²) in [6.45, 7) is 2.29. The third kappa shape index (κ3) is 3.24. The third-order valence-electron chi connectivity index (χ3n) is 1.67. The summed E-state index contributed by atoms with van der Waals surface area (Å²) in [5, 5.41) is 9.11. The van der Waals surface area contributed by atoms with Crippen molar-refractivity contribution in [2.24, 2.45) is 0 Å². The Labute approximate surface area is 82.4 Å². The van der Waals surface area contributed by atoms with E-state index in [1.165, 1.54) is 0 Å². The van der Waals surface area contributed by atoms with Crippen LogP contribution in [0.3, 0.4) is 0 Å². The van der Waals surface area contributed by atoms with Crippen LogP contribution in [-0.2, 0) is 0 Å². The van der Waals surface area contributed by atoms with E-state index in [1.807, 2.05) is 6.07 Å². The Morgan fingerprint density at radius 2 is 2.46 bits per heavy atom. The maximum Gasteiger partial charge on any atom is 0.0638 e. The van der Waals surface area contributed by atoms with E-state index in [0.717, 1.165) is 11.3 Å². The number of nitrogen functional groups attached to an aromatic ring is 1. The fourth-order valence-electron chi connectivity index (χ4n) is 0.959. The largest absolute Gasteiger partial charge is 0.397 e. The molecule has 0 aliphatic heterocycles. The highest BCUT2D eigenvalue weighted by molar-refractivity contribution is 8.00. The van der Waals surface area contributed by atoms with Gasteiger partial charge in [-0.15, -0.1) is 11.8 Å². The van der Waals surface area contributed by atoms with Gasteiger partial charge in [0.05, 0.1) is 11.9 Å². The van der Waals surface area contributed by atoms with Crippen LogP contribution in [0.15, 0.2) is 23.4 Å². The molecule has 3 N–H and O–H groups in total. The molecule has 13 heavy (non-hydrogen) atoms. The van der Waals surface area contributed by atoms with Gasteiger partial charge in [-0.3, -0.25) is 4.98 Å². The average Bonchev–Trinajstić information content (AvgIpc) is 2.09. The molecule has 0 saturated heterocycles. The minimum absolute atomic E-state index is 0.221. The predicted molar refractivity (Wildman–Crippen MR) is 55.7 cm³/mol. The molecule has 0 aliphatic rings. The highest BCUT2D eigenvalue weighted by Gasteiger charge is 2.05. The molecule has 1 unspecified atom stereocenters. The summed E-state index contributed by atoms with van der Waals surface area (Å²) in [4.78, 5) is 4.95. The summed E-state index contributed by atoms with van der Waals surface area (Å²) in [5.41, 5.74) is 6.42. The maximum absolute atomic E-state index is 8.73. The Hall–Kier alpha value is -0.740. The Kier molecular flexibility index (Phi) is 4.05. The SMILES string of the molecule is CC(CCO)Sc1ccncc1N. The molecule has 1 atom stereocenters. The van der Waals surface area contributed by atoms with E-state index >= 15 is 0 Å². The van der Waals surface area contributed by atoms with Crippen LogP contribution in [-0.4, -0.2) is 21.9 Å². The second-order valence-corrected chi connectivity index (χ2v) is 4.33. The molecule has 1 rings (SSSR count). The first-order valence-electron chi connectivity index (χ1n) is 4.21. The number of hydrogen-bond donors (Lipinski definition) is 2. The summed E-state index contributed by atoms with van der Waals surface area (Å²) in [6, 6.07) is 1.90. The van der Waals surface area contributed by atoms with Gasteiger partial charge in [-0.25, -0.2) is 0 Å². The van der Waals surface area contributed by atoms with Gasteiger partial charge in [-0.05, 0) is 12.5 Å². The van der Waals surface area contributed by atoms with Gasteiger partial charge in [-0.1, -0.05) is 6.92 Å². The van der Waals surface area contributed by atoms with Crippen molar-refractivity contribution in [3.05, 3.63) is 18.5 Å². The van der Waals surface area contributed by atoms with Crippen molar-refractivity contribution in [3.63, 3.8) is 0 Å². The normalized spacial score (nSPS) is 12.8. The second kappa shape index (κ2) is 5.09. The van der Waals surface area contributed by atoms with Gasteiger partial charge in [0.2, 0.25) is 0 Å². The van der Waals surface area contributed by atoms with E-state index in [0.29, 0.717) is 10.9 Å². The monoisotopic (exact) mass is 198 g/mol. The number of aliphatic hydroxyl groups excluding tert-OH is 1. The van der Waals surface area contributed by atoms with Crippen LogP contribution in [0, 0.1) is 0 Å². The number of thioether (sulfide) groups is 1. The average molecular weight is 198 g/mol. The number of nitrogens with two attached hydrogens (primary N) is 1. The lowest BCUT2D eigenvalue weighted by atomic mass is 10.3. The molecule has 1 aromatic heterocycles. The fourth-order valence-corrected chi connectivity index (χ4v) is 1.94. The van der Waals surface area contributed by atoms with E-state index in [9.17, 15) is 0 Å². The van der Waals surface area contributed by atoms with E-state index in [4.69, 9.17) is 10.8 Å². The first-order valence-corrected chi connectivity index (χ1v) is 5.09. The lowest BCUT2D eigenvalue weighted by Crippen LogP contribution is -2.00. The highest BCUT2D eigenvalue weighted by Crippen LogP contribution is 2.28. The fraction of sp³-hybridized carbons (Fsp3) is 0.444. The third-order valence-corrected chi connectivity index (χ3v) is 2.94. The summed E-state index contributed by atoms with van der Waals surface area (Å²) >= 11 is 1.67. The van der Waals surface area contributed by atoms with E-state index in [-0.39, 0.29) is 6.61 Å². The Morgan fingerprint density at radius 1 is 1.69 bits per heavy atom. The van der Waals surface area contributed by atoms with Crippen LogP contribution < -0.4 is 5.73 Å². The molecular weight excluding hydrogens is 184 g/mol. The second-order valence-electron chi connectivity index (χ2n) is 2.85. The summed E-state index contributed by atoms with van der Waals surface area (Å²) in [6.07, 6.45) is 4.16. The number of pyridine rings is 1. The smallest absolute Gasteiger partial charge is 0.0638 e. The van der Waals surface area contributed by atoms with Crippen molar-refractivity contribution in [1.82, 2.24) is 4.98 Å². The number of rotatable bonds is 4. The van der Waals surface area contributed by atoms with Crippen LogP contribution in [0.25, 0.3) is 0 Å². The van der Waals surface area contributed by atoms with Gasteiger partial charge in [0, 0.05) is 22.9 Å². The first kappa shape index (κ1) is 10.3. The van der Waals surface area contributed by atoms with Crippen molar-refractivity contribution in [2.45, 2.75) is 23.5 Å². The predicted octanol–water partition coefficient (Wildman–Crippen LogP) is 1.53. The van der Waals surface area contributed by atoms with Crippen molar-refractivity contribution in [1.29, 1.82) is 0 Å². The molecule has 3 nitrogen and oxygen atoms in total. The molecule has 0 amide bonds. The lowest BCUT2D eigenvalue weighted by Gasteiger charge is -2.10. The molecule has 0 saturated carbocycles. The first-order chi connectivity index (χ1) is 6.24. The minimum atomic E-state index is 0.221. The van der Waals surface area contributed by atoms with Gasteiger partial charge in [0.25, 0.3) is 0 Å². The summed E-state index contributed by atoms with van der Waals surface area (Å²) in [7, 11) is 0. The molecule has 72 valence electrons. The number of aliphatic hydroxyl groups is 1. The zero-order valence-corrected chi connectivity index (χ0v) is 8.42. The molecule has 0 fully saturated rings. The molecule has 4 heteroatoms. The number of hydrogen-bond acceptors (Lipinski definition) is 4. The molecule has 1 heterocycles. The topological polar surface area (TPSA) is 59.1 Å². The van der Waals surface area contributed by atoms with Gasteiger partial charge in [0.1, 0.15) is 0 Å². The summed E-state index contributed by atoms with van der Waals surface area (Å²) in [5.74, 6) is 0. The van der Waals surface area contributed by atoms with Crippen LogP contribution in [0.4, 0.5) is 5.69 Å². The van der Waals surface area contributed by atoms with E-state index < -0.39 is 0 Å². The maximum atomic E-state index is 8.73. The van der Waals surface area contributed by atoms with Crippen LogP contribution in [0.5, 0.6) is 0 Å². The Bertz CT molecular complexity index is 268. The van der Waals surface area contributed by atoms with Crippen molar-refractivity contribution in [3.8, 4) is 0 Å². The summed E-state index contributed by atoms with van der Waals surface area (Å²) < 4.78 is 0. The van der Waals surface area contributed by atoms with Crippen molar-refractivity contribution < 1.29 is 5.11 Å². The molecular formula is C9H14N2OS. The molecule has 0 bridgehead atoms. The van der Waals surface area contributed by atoms with Gasteiger partial charge < -0.3 is 10.8 Å². The molecule has 0 aromatic carbocycles. The van der Waals surface area contributed by atoms with Crippen LogP contribution in [0.1, 0.15) is 13.3 Å². The standard InChI is InChI=1S/C9H14N2OS/c1-7(3-5-12)13-9-2-4-11-6-8(9)10/h2,4,6-7,12H,3,5,10H2,1H3.